The summed E-state index contributed by atoms with van der Waals surface area (Å²) in [6.45, 7) is 1.04. The molecule has 1 atom stereocenters. The van der Waals surface area contributed by atoms with Crippen LogP contribution in [-0.2, 0) is 16.1 Å². The number of methoxy groups -OCH3 is 2. The van der Waals surface area contributed by atoms with Crippen molar-refractivity contribution in [3.8, 4) is 0 Å². The summed E-state index contributed by atoms with van der Waals surface area (Å²) in [4.78, 5) is 4.31. The molecular formula is C8H14N2O2S. The van der Waals surface area contributed by atoms with Crippen molar-refractivity contribution in [1.82, 2.24) is 4.98 Å². The Morgan fingerprint density at radius 3 is 2.92 bits per heavy atom. The van der Waals surface area contributed by atoms with Crippen molar-refractivity contribution >= 4 is 11.3 Å². The Morgan fingerprint density at radius 2 is 2.31 bits per heavy atom. The number of hydrogen-bond donors (Lipinski definition) is 1. The lowest BCUT2D eigenvalue weighted by Crippen LogP contribution is -2.16. The third-order valence-corrected chi connectivity index (χ3v) is 2.40. The van der Waals surface area contributed by atoms with Gasteiger partial charge in [0.15, 0.2) is 0 Å². The van der Waals surface area contributed by atoms with E-state index in [9.17, 15) is 0 Å². The molecule has 0 aliphatic heterocycles. The van der Waals surface area contributed by atoms with Crippen LogP contribution < -0.4 is 5.73 Å². The lowest BCUT2D eigenvalue weighted by atomic mass is 10.3. The van der Waals surface area contributed by atoms with Crippen molar-refractivity contribution < 1.29 is 9.47 Å². The van der Waals surface area contributed by atoms with E-state index in [4.69, 9.17) is 15.2 Å². The van der Waals surface area contributed by atoms with Gasteiger partial charge in [-0.25, -0.2) is 4.98 Å². The molecule has 0 saturated carbocycles. The maximum Gasteiger partial charge on any atom is 0.119 e. The van der Waals surface area contributed by atoms with Crippen molar-refractivity contribution in [2.24, 2.45) is 5.73 Å². The summed E-state index contributed by atoms with van der Waals surface area (Å²) < 4.78 is 9.89. The van der Waals surface area contributed by atoms with E-state index >= 15 is 0 Å². The summed E-state index contributed by atoms with van der Waals surface area (Å²) >= 11 is 1.56. The molecule has 1 aromatic rings. The number of nitrogens with two attached hydrogens (primary N) is 1. The van der Waals surface area contributed by atoms with Crippen LogP contribution in [0, 0.1) is 0 Å². The Hall–Kier alpha value is -0.490. The number of rotatable bonds is 5. The molecule has 0 amide bonds. The molecule has 0 saturated heterocycles. The zero-order chi connectivity index (χ0) is 9.68. The predicted octanol–water partition coefficient (Wildman–Crippen LogP) is 0.936. The molecule has 0 fully saturated rings. The first kappa shape index (κ1) is 10.6. The lowest BCUT2D eigenvalue weighted by Gasteiger charge is -2.05. The molecule has 0 radical (unpaired) electrons. The first-order valence-electron chi connectivity index (χ1n) is 3.95. The Morgan fingerprint density at radius 1 is 1.54 bits per heavy atom. The Kier molecular flexibility index (Phi) is 4.31. The van der Waals surface area contributed by atoms with Gasteiger partial charge in [-0.05, 0) is 0 Å². The van der Waals surface area contributed by atoms with Gasteiger partial charge >= 0.3 is 0 Å². The average molecular weight is 202 g/mol. The third kappa shape index (κ3) is 3.04. The highest BCUT2D eigenvalue weighted by atomic mass is 32.1. The van der Waals surface area contributed by atoms with Gasteiger partial charge in [0.25, 0.3) is 0 Å². The Balaban J connectivity index is 2.56. The molecule has 1 heterocycles. The van der Waals surface area contributed by atoms with Crippen LogP contribution in [0.1, 0.15) is 16.7 Å². The molecule has 1 rings (SSSR count). The van der Waals surface area contributed by atoms with Gasteiger partial charge in [0.2, 0.25) is 0 Å². The number of aromatic nitrogens is 1. The largest absolute Gasteiger partial charge is 0.383 e. The molecule has 13 heavy (non-hydrogen) atoms. The maximum atomic E-state index is 5.79. The van der Waals surface area contributed by atoms with Crippen LogP contribution in [-0.4, -0.2) is 25.8 Å². The van der Waals surface area contributed by atoms with E-state index in [-0.39, 0.29) is 6.04 Å². The highest BCUT2D eigenvalue weighted by Crippen LogP contribution is 2.15. The smallest absolute Gasteiger partial charge is 0.119 e. The molecule has 2 N–H and O–H groups in total. The van der Waals surface area contributed by atoms with Crippen molar-refractivity contribution in [2.45, 2.75) is 12.6 Å². The van der Waals surface area contributed by atoms with E-state index < -0.39 is 0 Å². The average Bonchev–Trinajstić information content (AvgIpc) is 2.54. The molecule has 1 unspecified atom stereocenters. The van der Waals surface area contributed by atoms with Crippen LogP contribution in [0.3, 0.4) is 0 Å². The molecular weight excluding hydrogens is 188 g/mol. The van der Waals surface area contributed by atoms with E-state index in [1.807, 2.05) is 5.38 Å². The number of nitrogens with zero attached hydrogens (tertiary/aromatic N) is 1. The minimum Gasteiger partial charge on any atom is -0.383 e. The standard InChI is InChI=1S/C8H14N2O2S/c1-11-3-6(9)7-5-13-8(10-7)4-12-2/h5-6H,3-4,9H2,1-2H3. The molecule has 0 spiro atoms. The highest BCUT2D eigenvalue weighted by Gasteiger charge is 2.09. The number of hydrogen-bond acceptors (Lipinski definition) is 5. The zero-order valence-corrected chi connectivity index (χ0v) is 8.63. The minimum atomic E-state index is -0.133. The topological polar surface area (TPSA) is 57.4 Å². The van der Waals surface area contributed by atoms with Crippen LogP contribution in [0.5, 0.6) is 0 Å². The number of thiazole rings is 1. The fraction of sp³-hybridized carbons (Fsp3) is 0.625. The molecule has 4 nitrogen and oxygen atoms in total. The first-order valence-corrected chi connectivity index (χ1v) is 4.83. The summed E-state index contributed by atoms with van der Waals surface area (Å²) in [5.41, 5.74) is 6.67. The Bertz CT molecular complexity index is 252. The van der Waals surface area contributed by atoms with Crippen molar-refractivity contribution in [3.63, 3.8) is 0 Å². The van der Waals surface area contributed by atoms with E-state index in [0.29, 0.717) is 13.2 Å². The van der Waals surface area contributed by atoms with Gasteiger partial charge in [-0.1, -0.05) is 0 Å². The van der Waals surface area contributed by atoms with E-state index in [1.54, 1.807) is 25.6 Å². The van der Waals surface area contributed by atoms with Gasteiger partial charge in [0, 0.05) is 19.6 Å². The van der Waals surface area contributed by atoms with Crippen LogP contribution in [0.2, 0.25) is 0 Å². The lowest BCUT2D eigenvalue weighted by molar-refractivity contribution is 0.177. The second kappa shape index (κ2) is 5.29. The van der Waals surface area contributed by atoms with E-state index in [0.717, 1.165) is 10.7 Å². The molecule has 0 aliphatic carbocycles. The van der Waals surface area contributed by atoms with Gasteiger partial charge in [0.05, 0.1) is 24.9 Å². The van der Waals surface area contributed by atoms with Crippen molar-refractivity contribution in [2.75, 3.05) is 20.8 Å². The van der Waals surface area contributed by atoms with Crippen LogP contribution >= 0.6 is 11.3 Å². The van der Waals surface area contributed by atoms with Gasteiger partial charge in [-0.3, -0.25) is 0 Å². The summed E-state index contributed by atoms with van der Waals surface area (Å²) in [7, 11) is 3.28. The molecule has 5 heteroatoms. The maximum absolute atomic E-state index is 5.79. The molecule has 0 aliphatic rings. The van der Waals surface area contributed by atoms with Gasteiger partial charge in [-0.2, -0.15) is 0 Å². The normalized spacial score (nSPS) is 13.2. The Labute approximate surface area is 81.7 Å². The van der Waals surface area contributed by atoms with E-state index in [1.165, 1.54) is 0 Å². The molecule has 0 bridgehead atoms. The van der Waals surface area contributed by atoms with Crippen LogP contribution in [0.4, 0.5) is 0 Å². The minimum absolute atomic E-state index is 0.133. The highest BCUT2D eigenvalue weighted by molar-refractivity contribution is 7.09. The predicted molar refractivity (Wildman–Crippen MR) is 51.6 cm³/mol. The SMILES string of the molecule is COCc1nc(C(N)COC)cs1. The molecule has 0 aromatic carbocycles. The van der Waals surface area contributed by atoms with Crippen LogP contribution in [0.15, 0.2) is 5.38 Å². The van der Waals surface area contributed by atoms with E-state index in [2.05, 4.69) is 4.98 Å². The summed E-state index contributed by atoms with van der Waals surface area (Å²) in [6.07, 6.45) is 0. The van der Waals surface area contributed by atoms with Gasteiger partial charge in [0.1, 0.15) is 5.01 Å². The quantitative estimate of drug-likeness (QED) is 0.772. The summed E-state index contributed by atoms with van der Waals surface area (Å²) in [5, 5.41) is 2.89. The summed E-state index contributed by atoms with van der Waals surface area (Å²) in [5.74, 6) is 0. The fourth-order valence-corrected chi connectivity index (χ4v) is 1.78. The van der Waals surface area contributed by atoms with Crippen molar-refractivity contribution in [1.29, 1.82) is 0 Å². The monoisotopic (exact) mass is 202 g/mol. The zero-order valence-electron chi connectivity index (χ0n) is 7.82. The fourth-order valence-electron chi connectivity index (χ4n) is 0.950. The third-order valence-electron chi connectivity index (χ3n) is 1.56. The second-order valence-electron chi connectivity index (χ2n) is 2.66. The first-order chi connectivity index (χ1) is 6.27. The summed E-state index contributed by atoms with van der Waals surface area (Å²) in [6, 6.07) is -0.133. The van der Waals surface area contributed by atoms with Crippen LogP contribution in [0.25, 0.3) is 0 Å². The number of ether oxygens (including phenoxy) is 2. The molecule has 74 valence electrons. The second-order valence-corrected chi connectivity index (χ2v) is 3.60. The van der Waals surface area contributed by atoms with Gasteiger partial charge in [-0.15, -0.1) is 11.3 Å². The molecule has 1 aromatic heterocycles. The van der Waals surface area contributed by atoms with Gasteiger partial charge < -0.3 is 15.2 Å². The van der Waals surface area contributed by atoms with Crippen molar-refractivity contribution in [3.05, 3.63) is 16.1 Å².